The first-order valence-corrected chi connectivity index (χ1v) is 10.8. The summed E-state index contributed by atoms with van der Waals surface area (Å²) < 4.78 is 14.0. The van der Waals surface area contributed by atoms with Crippen molar-refractivity contribution in [1.29, 1.82) is 0 Å². The molecule has 3 heteroatoms. The monoisotopic (exact) mass is 394 g/mol. The van der Waals surface area contributed by atoms with Crippen molar-refractivity contribution in [2.24, 2.45) is 5.92 Å². The number of alkyl halides is 1. The first-order valence-electron chi connectivity index (χ1n) is 10.8. The SMILES string of the molecule is CC(C)[C@@H](C)F.CCCCCc1ccc(-c2nccn2-c2ccccc2C)cc1. The molecule has 0 amide bonds. The molecule has 1 heterocycles. The van der Waals surface area contributed by atoms with E-state index in [1.165, 1.54) is 42.5 Å². The molecule has 3 aromatic rings. The standard InChI is InChI=1S/C21H24N2.C5H11F/c1-3-4-5-9-18-11-13-19(14-12-18)21-22-15-16-23(21)20-10-7-6-8-17(20)2;1-4(2)5(3)6/h6-8,10-16H,3-5,9H2,1-2H3;4-5H,1-3H3/t;5-/m.1/s1. The van der Waals surface area contributed by atoms with E-state index in [9.17, 15) is 4.39 Å². The van der Waals surface area contributed by atoms with Gasteiger partial charge in [-0.2, -0.15) is 0 Å². The largest absolute Gasteiger partial charge is 0.300 e. The fraction of sp³-hybridized carbons (Fsp3) is 0.423. The van der Waals surface area contributed by atoms with Crippen molar-refractivity contribution < 1.29 is 4.39 Å². The Morgan fingerprint density at radius 3 is 2.21 bits per heavy atom. The Balaban J connectivity index is 0.000000438. The molecule has 0 unspecified atom stereocenters. The van der Waals surface area contributed by atoms with Crippen molar-refractivity contribution in [3.8, 4) is 17.1 Å². The minimum absolute atomic E-state index is 0.185. The van der Waals surface area contributed by atoms with Gasteiger partial charge in [0, 0.05) is 23.6 Å². The van der Waals surface area contributed by atoms with Gasteiger partial charge in [-0.25, -0.2) is 9.37 Å². The van der Waals surface area contributed by atoms with Gasteiger partial charge in [-0.3, -0.25) is 4.57 Å². The molecule has 0 spiro atoms. The topological polar surface area (TPSA) is 17.8 Å². The Labute approximate surface area is 175 Å². The zero-order valence-electron chi connectivity index (χ0n) is 18.5. The Bertz CT molecular complexity index is 841. The summed E-state index contributed by atoms with van der Waals surface area (Å²) in [6, 6.07) is 17.3. The number of aryl methyl sites for hydroxylation is 2. The molecule has 0 aliphatic carbocycles. The van der Waals surface area contributed by atoms with Crippen molar-refractivity contribution >= 4 is 0 Å². The van der Waals surface area contributed by atoms with E-state index in [1.54, 1.807) is 6.92 Å². The van der Waals surface area contributed by atoms with E-state index in [2.05, 4.69) is 71.9 Å². The fourth-order valence-electron chi connectivity index (χ4n) is 2.94. The number of hydrogen-bond donors (Lipinski definition) is 0. The second kappa shape index (κ2) is 11.5. The highest BCUT2D eigenvalue weighted by Crippen LogP contribution is 2.24. The lowest BCUT2D eigenvalue weighted by molar-refractivity contribution is 0.280. The summed E-state index contributed by atoms with van der Waals surface area (Å²) in [7, 11) is 0. The molecule has 0 bridgehead atoms. The Morgan fingerprint density at radius 1 is 0.966 bits per heavy atom. The van der Waals surface area contributed by atoms with Crippen LogP contribution in [0.4, 0.5) is 4.39 Å². The summed E-state index contributed by atoms with van der Waals surface area (Å²) in [5.74, 6) is 1.18. The van der Waals surface area contributed by atoms with Gasteiger partial charge in [-0.15, -0.1) is 0 Å². The summed E-state index contributed by atoms with van der Waals surface area (Å²) in [5, 5.41) is 0. The molecule has 0 radical (unpaired) electrons. The number of hydrogen-bond acceptors (Lipinski definition) is 1. The van der Waals surface area contributed by atoms with Gasteiger partial charge in [0.1, 0.15) is 5.82 Å². The summed E-state index contributed by atoms with van der Waals surface area (Å²) in [5.41, 5.74) is 5.02. The molecule has 0 saturated heterocycles. The van der Waals surface area contributed by atoms with Crippen LogP contribution in [0.2, 0.25) is 0 Å². The van der Waals surface area contributed by atoms with Crippen LogP contribution >= 0.6 is 0 Å². The third-order valence-electron chi connectivity index (χ3n) is 5.22. The van der Waals surface area contributed by atoms with Gasteiger partial charge < -0.3 is 0 Å². The minimum Gasteiger partial charge on any atom is -0.300 e. The Morgan fingerprint density at radius 2 is 1.62 bits per heavy atom. The van der Waals surface area contributed by atoms with Crippen LogP contribution in [0, 0.1) is 12.8 Å². The van der Waals surface area contributed by atoms with Gasteiger partial charge >= 0.3 is 0 Å². The maximum Gasteiger partial charge on any atom is 0.144 e. The van der Waals surface area contributed by atoms with Crippen LogP contribution in [0.5, 0.6) is 0 Å². The van der Waals surface area contributed by atoms with E-state index >= 15 is 0 Å². The van der Waals surface area contributed by atoms with E-state index in [4.69, 9.17) is 0 Å². The molecule has 0 fully saturated rings. The van der Waals surface area contributed by atoms with E-state index in [1.807, 2.05) is 26.2 Å². The molecular formula is C26H35FN2. The van der Waals surface area contributed by atoms with Gasteiger partial charge in [0.2, 0.25) is 0 Å². The maximum atomic E-state index is 11.8. The van der Waals surface area contributed by atoms with Crippen molar-refractivity contribution in [1.82, 2.24) is 9.55 Å². The van der Waals surface area contributed by atoms with Crippen molar-refractivity contribution in [2.45, 2.75) is 66.5 Å². The Hall–Kier alpha value is -2.42. The smallest absolute Gasteiger partial charge is 0.144 e. The predicted molar refractivity (Wildman–Crippen MR) is 122 cm³/mol. The lowest BCUT2D eigenvalue weighted by Gasteiger charge is -2.11. The molecule has 0 aliphatic rings. The number of aromatic nitrogens is 2. The van der Waals surface area contributed by atoms with Gasteiger partial charge in [-0.1, -0.05) is 76.1 Å². The highest BCUT2D eigenvalue weighted by molar-refractivity contribution is 5.60. The molecule has 2 nitrogen and oxygen atoms in total. The van der Waals surface area contributed by atoms with Gasteiger partial charge in [0.05, 0.1) is 6.17 Å². The lowest BCUT2D eigenvalue weighted by atomic mass is 10.0. The summed E-state index contributed by atoms with van der Waals surface area (Å²) >= 11 is 0. The van der Waals surface area contributed by atoms with Crippen LogP contribution < -0.4 is 0 Å². The second-order valence-corrected chi connectivity index (χ2v) is 7.98. The summed E-state index contributed by atoms with van der Waals surface area (Å²) in [6.45, 7) is 9.68. The minimum atomic E-state index is -0.648. The van der Waals surface area contributed by atoms with Crippen LogP contribution in [-0.4, -0.2) is 15.7 Å². The molecule has 1 aromatic heterocycles. The second-order valence-electron chi connectivity index (χ2n) is 7.98. The van der Waals surface area contributed by atoms with Crippen LogP contribution in [0.15, 0.2) is 60.9 Å². The van der Waals surface area contributed by atoms with E-state index in [0.29, 0.717) is 0 Å². The van der Waals surface area contributed by atoms with Crippen molar-refractivity contribution in [3.05, 3.63) is 72.1 Å². The number of unbranched alkanes of at least 4 members (excludes halogenated alkanes) is 2. The maximum absolute atomic E-state index is 11.8. The zero-order valence-corrected chi connectivity index (χ0v) is 18.5. The lowest BCUT2D eigenvalue weighted by Crippen LogP contribution is -2.01. The molecule has 156 valence electrons. The van der Waals surface area contributed by atoms with Gasteiger partial charge in [0.15, 0.2) is 0 Å². The molecule has 0 aliphatic heterocycles. The van der Waals surface area contributed by atoms with Crippen LogP contribution in [-0.2, 0) is 6.42 Å². The molecule has 0 saturated carbocycles. The number of benzene rings is 2. The third kappa shape index (κ3) is 6.85. The normalized spacial score (nSPS) is 11.8. The first kappa shape index (κ1) is 22.9. The number of para-hydroxylation sites is 1. The van der Waals surface area contributed by atoms with Crippen LogP contribution in [0.3, 0.4) is 0 Å². The number of imidazole rings is 1. The van der Waals surface area contributed by atoms with Crippen LogP contribution in [0.25, 0.3) is 17.1 Å². The number of halogens is 1. The summed E-state index contributed by atoms with van der Waals surface area (Å²) in [6.07, 6.45) is 8.27. The van der Waals surface area contributed by atoms with Gasteiger partial charge in [0.25, 0.3) is 0 Å². The average Bonchev–Trinajstić information content (AvgIpc) is 3.19. The third-order valence-corrected chi connectivity index (χ3v) is 5.22. The van der Waals surface area contributed by atoms with E-state index in [-0.39, 0.29) is 5.92 Å². The van der Waals surface area contributed by atoms with Crippen LogP contribution in [0.1, 0.15) is 58.1 Å². The molecular weight excluding hydrogens is 359 g/mol. The van der Waals surface area contributed by atoms with E-state index in [0.717, 1.165) is 11.4 Å². The number of rotatable bonds is 7. The van der Waals surface area contributed by atoms with E-state index < -0.39 is 6.17 Å². The van der Waals surface area contributed by atoms with Gasteiger partial charge in [-0.05, 0) is 49.8 Å². The average molecular weight is 395 g/mol. The molecule has 29 heavy (non-hydrogen) atoms. The fourth-order valence-corrected chi connectivity index (χ4v) is 2.94. The molecule has 3 rings (SSSR count). The van der Waals surface area contributed by atoms with Crippen molar-refractivity contribution in [2.75, 3.05) is 0 Å². The molecule has 0 N–H and O–H groups in total. The summed E-state index contributed by atoms with van der Waals surface area (Å²) in [4.78, 5) is 4.57. The quantitative estimate of drug-likeness (QED) is 0.378. The van der Waals surface area contributed by atoms with Crippen molar-refractivity contribution in [3.63, 3.8) is 0 Å². The highest BCUT2D eigenvalue weighted by atomic mass is 19.1. The number of nitrogens with zero attached hydrogens (tertiary/aromatic N) is 2. The predicted octanol–water partition coefficient (Wildman–Crippen LogP) is 7.58. The first-order chi connectivity index (χ1) is 13.9. The Kier molecular flexibility index (Phi) is 9.11. The zero-order chi connectivity index (χ0) is 21.2. The highest BCUT2D eigenvalue weighted by Gasteiger charge is 2.09. The molecule has 1 atom stereocenters. The molecule has 2 aromatic carbocycles.